The summed E-state index contributed by atoms with van der Waals surface area (Å²) in [5, 5.41) is 2.61. The van der Waals surface area contributed by atoms with Gasteiger partial charge in [-0.05, 0) is 57.1 Å². The third-order valence-corrected chi connectivity index (χ3v) is 5.89. The molecule has 0 N–H and O–H groups in total. The Hall–Kier alpha value is -2.86. The van der Waals surface area contributed by atoms with Crippen LogP contribution in [0.4, 0.5) is 0 Å². The summed E-state index contributed by atoms with van der Waals surface area (Å²) in [5.41, 5.74) is 9.63. The molecular weight excluding hydrogens is 312 g/mol. The molecule has 0 aromatic heterocycles. The summed E-state index contributed by atoms with van der Waals surface area (Å²) in [4.78, 5) is 0. The van der Waals surface area contributed by atoms with Crippen LogP contribution in [-0.4, -0.2) is 0 Å². The van der Waals surface area contributed by atoms with Gasteiger partial charge in [-0.3, -0.25) is 0 Å². The monoisotopic (exact) mass is 334 g/mol. The molecule has 0 bridgehead atoms. The van der Waals surface area contributed by atoms with E-state index in [1.807, 2.05) is 0 Å². The van der Waals surface area contributed by atoms with Crippen molar-refractivity contribution in [3.63, 3.8) is 0 Å². The van der Waals surface area contributed by atoms with Gasteiger partial charge in [0.1, 0.15) is 0 Å². The van der Waals surface area contributed by atoms with Gasteiger partial charge >= 0.3 is 0 Å². The van der Waals surface area contributed by atoms with Crippen molar-refractivity contribution in [2.24, 2.45) is 0 Å². The Balaban J connectivity index is 1.79. The first kappa shape index (κ1) is 15.4. The van der Waals surface area contributed by atoms with Crippen LogP contribution >= 0.6 is 0 Å². The molecule has 4 aromatic rings. The summed E-state index contributed by atoms with van der Waals surface area (Å²) >= 11 is 0. The molecule has 0 heterocycles. The molecule has 5 rings (SSSR count). The average molecular weight is 334 g/mol. The quantitative estimate of drug-likeness (QED) is 0.347. The highest BCUT2D eigenvalue weighted by molar-refractivity contribution is 5.92. The van der Waals surface area contributed by atoms with E-state index in [-0.39, 0.29) is 5.41 Å². The predicted molar refractivity (Wildman–Crippen MR) is 112 cm³/mol. The van der Waals surface area contributed by atoms with Crippen LogP contribution in [0, 0.1) is 6.92 Å². The molecule has 0 saturated heterocycles. The zero-order valence-corrected chi connectivity index (χ0v) is 15.5. The molecule has 126 valence electrons. The normalized spacial score (nSPS) is 14.3. The summed E-state index contributed by atoms with van der Waals surface area (Å²) in [6, 6.07) is 29.1. The van der Waals surface area contributed by atoms with Crippen LogP contribution in [0.1, 0.15) is 30.5 Å². The fraction of sp³-hybridized carbons (Fsp3) is 0.154. The van der Waals surface area contributed by atoms with E-state index in [9.17, 15) is 0 Å². The fourth-order valence-corrected chi connectivity index (χ4v) is 4.62. The molecule has 4 aromatic carbocycles. The van der Waals surface area contributed by atoms with Crippen LogP contribution in [-0.2, 0) is 5.41 Å². The van der Waals surface area contributed by atoms with Crippen LogP contribution < -0.4 is 0 Å². The zero-order valence-electron chi connectivity index (χ0n) is 15.5. The molecule has 0 aliphatic heterocycles. The number of aryl methyl sites for hydroxylation is 1. The largest absolute Gasteiger partial charge is 0.0619 e. The Labute approximate surface area is 155 Å². The summed E-state index contributed by atoms with van der Waals surface area (Å²) in [7, 11) is 0. The second kappa shape index (κ2) is 5.32. The van der Waals surface area contributed by atoms with Crippen molar-refractivity contribution in [3.8, 4) is 22.3 Å². The molecule has 0 fully saturated rings. The number of hydrogen-bond acceptors (Lipinski definition) is 0. The molecular formula is C26H22. The van der Waals surface area contributed by atoms with Gasteiger partial charge in [0.05, 0.1) is 0 Å². The maximum absolute atomic E-state index is 2.35. The Bertz CT molecular complexity index is 1160. The first-order valence-electron chi connectivity index (χ1n) is 9.30. The standard InChI is InChI=1S/C26H22/c1-17-11-12-18-13-14-19(16-20(18)15-17)21-8-6-9-23-22-7-4-5-10-24(22)26(2,3)25(21)23/h4-16H,1-3H3. The second-order valence-electron chi connectivity index (χ2n) is 7.96. The molecule has 0 radical (unpaired) electrons. The lowest BCUT2D eigenvalue weighted by molar-refractivity contribution is 0.662. The molecule has 0 heteroatoms. The molecule has 0 spiro atoms. The lowest BCUT2D eigenvalue weighted by Gasteiger charge is -2.24. The third kappa shape index (κ3) is 2.08. The molecule has 0 saturated carbocycles. The van der Waals surface area contributed by atoms with E-state index in [2.05, 4.69) is 99.6 Å². The number of benzene rings is 4. The minimum Gasteiger partial charge on any atom is -0.0619 e. The maximum Gasteiger partial charge on any atom is 0.0165 e. The summed E-state index contributed by atoms with van der Waals surface area (Å²) in [5.74, 6) is 0. The topological polar surface area (TPSA) is 0 Å². The maximum atomic E-state index is 2.35. The van der Waals surface area contributed by atoms with E-state index < -0.39 is 0 Å². The van der Waals surface area contributed by atoms with Gasteiger partial charge in [-0.25, -0.2) is 0 Å². The van der Waals surface area contributed by atoms with Gasteiger partial charge in [-0.2, -0.15) is 0 Å². The van der Waals surface area contributed by atoms with Crippen LogP contribution in [0.25, 0.3) is 33.0 Å². The van der Waals surface area contributed by atoms with Gasteiger partial charge in [0.25, 0.3) is 0 Å². The Kier molecular flexibility index (Phi) is 3.15. The SMILES string of the molecule is Cc1ccc2ccc(-c3cccc4c3C(C)(C)c3ccccc3-4)cc2c1. The summed E-state index contributed by atoms with van der Waals surface area (Å²) < 4.78 is 0. The van der Waals surface area contributed by atoms with Gasteiger partial charge < -0.3 is 0 Å². The average Bonchev–Trinajstić information content (AvgIpc) is 2.89. The van der Waals surface area contributed by atoms with Gasteiger partial charge in [-0.1, -0.05) is 92.2 Å². The van der Waals surface area contributed by atoms with Crippen molar-refractivity contribution in [2.45, 2.75) is 26.2 Å². The zero-order chi connectivity index (χ0) is 17.9. The minimum atomic E-state index is 0.0179. The van der Waals surface area contributed by atoms with Crippen molar-refractivity contribution in [2.75, 3.05) is 0 Å². The summed E-state index contributed by atoms with van der Waals surface area (Å²) in [6.07, 6.45) is 0. The van der Waals surface area contributed by atoms with Crippen molar-refractivity contribution < 1.29 is 0 Å². The van der Waals surface area contributed by atoms with Gasteiger partial charge in [0, 0.05) is 5.41 Å². The van der Waals surface area contributed by atoms with Crippen molar-refractivity contribution in [3.05, 3.63) is 95.6 Å². The molecule has 0 atom stereocenters. The van der Waals surface area contributed by atoms with E-state index >= 15 is 0 Å². The van der Waals surface area contributed by atoms with Gasteiger partial charge in [0.2, 0.25) is 0 Å². The van der Waals surface area contributed by atoms with E-state index in [0.717, 1.165) is 0 Å². The highest BCUT2D eigenvalue weighted by Crippen LogP contribution is 2.52. The molecule has 0 unspecified atom stereocenters. The third-order valence-electron chi connectivity index (χ3n) is 5.89. The highest BCUT2D eigenvalue weighted by Gasteiger charge is 2.37. The van der Waals surface area contributed by atoms with Gasteiger partial charge in [-0.15, -0.1) is 0 Å². The lowest BCUT2D eigenvalue weighted by atomic mass is 9.78. The molecule has 0 nitrogen and oxygen atoms in total. The first-order chi connectivity index (χ1) is 12.6. The fourth-order valence-electron chi connectivity index (χ4n) is 4.62. The molecule has 1 aliphatic rings. The number of fused-ring (bicyclic) bond motifs is 4. The number of hydrogen-bond donors (Lipinski definition) is 0. The first-order valence-corrected chi connectivity index (χ1v) is 9.30. The van der Waals surface area contributed by atoms with E-state index in [0.29, 0.717) is 0 Å². The van der Waals surface area contributed by atoms with E-state index in [1.165, 1.54) is 49.7 Å². The number of rotatable bonds is 1. The minimum absolute atomic E-state index is 0.0179. The van der Waals surface area contributed by atoms with Crippen molar-refractivity contribution in [1.29, 1.82) is 0 Å². The Morgan fingerprint density at radius 3 is 2.23 bits per heavy atom. The Morgan fingerprint density at radius 2 is 1.35 bits per heavy atom. The summed E-state index contributed by atoms with van der Waals surface area (Å²) in [6.45, 7) is 6.87. The second-order valence-corrected chi connectivity index (χ2v) is 7.96. The van der Waals surface area contributed by atoms with Crippen LogP contribution in [0.5, 0.6) is 0 Å². The van der Waals surface area contributed by atoms with Crippen LogP contribution in [0.15, 0.2) is 78.9 Å². The molecule has 26 heavy (non-hydrogen) atoms. The van der Waals surface area contributed by atoms with E-state index in [1.54, 1.807) is 0 Å². The van der Waals surface area contributed by atoms with E-state index in [4.69, 9.17) is 0 Å². The lowest BCUT2D eigenvalue weighted by Crippen LogP contribution is -2.16. The van der Waals surface area contributed by atoms with Crippen molar-refractivity contribution >= 4 is 10.8 Å². The molecule has 1 aliphatic carbocycles. The highest BCUT2D eigenvalue weighted by atomic mass is 14.4. The smallest absolute Gasteiger partial charge is 0.0165 e. The predicted octanol–water partition coefficient (Wildman–Crippen LogP) is 7.12. The van der Waals surface area contributed by atoms with Crippen molar-refractivity contribution in [1.82, 2.24) is 0 Å². The van der Waals surface area contributed by atoms with Gasteiger partial charge in [0.15, 0.2) is 0 Å². The van der Waals surface area contributed by atoms with Crippen LogP contribution in [0.3, 0.4) is 0 Å². The molecule has 0 amide bonds. The van der Waals surface area contributed by atoms with Crippen LogP contribution in [0.2, 0.25) is 0 Å². The Morgan fingerprint density at radius 1 is 0.615 bits per heavy atom.